The molecule has 1 atom stereocenters. The van der Waals surface area contributed by atoms with Crippen LogP contribution < -0.4 is 5.73 Å². The molecule has 0 aliphatic heterocycles. The van der Waals surface area contributed by atoms with Gasteiger partial charge in [0.25, 0.3) is 0 Å². The maximum Gasteiger partial charge on any atom is 0.239 e. The van der Waals surface area contributed by atoms with Crippen molar-refractivity contribution in [2.24, 2.45) is 11.7 Å². The molecule has 0 aliphatic carbocycles. The molecule has 0 saturated carbocycles. The highest BCUT2D eigenvalue weighted by molar-refractivity contribution is 5.82. The number of unbranched alkanes of at least 4 members (excludes halogenated alkanes) is 2. The highest BCUT2D eigenvalue weighted by atomic mass is 16.2. The number of carbonyl (C=O) groups excluding carboxylic acids is 1. The Morgan fingerprint density at radius 3 is 2.12 bits per heavy atom. The summed E-state index contributed by atoms with van der Waals surface area (Å²) in [7, 11) is 0. The monoisotopic (exact) mass is 228 g/mol. The van der Waals surface area contributed by atoms with Crippen LogP contribution in [0, 0.1) is 5.92 Å². The van der Waals surface area contributed by atoms with Crippen LogP contribution in [0.1, 0.15) is 53.9 Å². The second-order valence-electron chi connectivity index (χ2n) is 5.10. The van der Waals surface area contributed by atoms with E-state index in [-0.39, 0.29) is 23.9 Å². The summed E-state index contributed by atoms with van der Waals surface area (Å²) >= 11 is 0. The third-order valence-corrected chi connectivity index (χ3v) is 2.91. The zero-order chi connectivity index (χ0) is 12.7. The third kappa shape index (κ3) is 4.97. The second-order valence-corrected chi connectivity index (χ2v) is 5.10. The second kappa shape index (κ2) is 7.66. The van der Waals surface area contributed by atoms with Gasteiger partial charge < -0.3 is 10.6 Å². The Balaban J connectivity index is 4.35. The molecule has 0 aliphatic rings. The molecule has 3 heteroatoms. The lowest BCUT2D eigenvalue weighted by atomic mass is 10.0. The van der Waals surface area contributed by atoms with E-state index >= 15 is 0 Å². The molecule has 0 fully saturated rings. The summed E-state index contributed by atoms with van der Waals surface area (Å²) in [5.74, 6) is 0.307. The molecule has 3 nitrogen and oxygen atoms in total. The van der Waals surface area contributed by atoms with E-state index in [0.29, 0.717) is 0 Å². The molecule has 0 saturated heterocycles. The van der Waals surface area contributed by atoms with Crippen LogP contribution in [0.5, 0.6) is 0 Å². The molecule has 0 spiro atoms. The van der Waals surface area contributed by atoms with Crippen molar-refractivity contribution in [2.45, 2.75) is 66.0 Å². The normalized spacial score (nSPS) is 13.2. The van der Waals surface area contributed by atoms with Crippen LogP contribution in [-0.2, 0) is 4.79 Å². The Hall–Kier alpha value is -0.570. The Kier molecular flexibility index (Phi) is 7.39. The van der Waals surface area contributed by atoms with E-state index in [1.165, 1.54) is 12.8 Å². The average molecular weight is 228 g/mol. The van der Waals surface area contributed by atoms with Gasteiger partial charge in [0.15, 0.2) is 0 Å². The molecule has 2 N–H and O–H groups in total. The van der Waals surface area contributed by atoms with Crippen molar-refractivity contribution >= 4 is 5.91 Å². The number of amides is 1. The summed E-state index contributed by atoms with van der Waals surface area (Å²) in [6.45, 7) is 11.1. The number of nitrogens with zero attached hydrogens (tertiary/aromatic N) is 1. The first kappa shape index (κ1) is 15.4. The fourth-order valence-electron chi connectivity index (χ4n) is 1.63. The van der Waals surface area contributed by atoms with Crippen LogP contribution >= 0.6 is 0 Å². The number of hydrogen-bond acceptors (Lipinski definition) is 2. The smallest absolute Gasteiger partial charge is 0.239 e. The maximum absolute atomic E-state index is 12.1. The average Bonchev–Trinajstić information content (AvgIpc) is 2.21. The summed E-state index contributed by atoms with van der Waals surface area (Å²) in [4.78, 5) is 14.0. The molecule has 1 amide bonds. The largest absolute Gasteiger partial charge is 0.339 e. The van der Waals surface area contributed by atoms with E-state index in [4.69, 9.17) is 5.73 Å². The first-order valence-corrected chi connectivity index (χ1v) is 6.47. The molecule has 16 heavy (non-hydrogen) atoms. The highest BCUT2D eigenvalue weighted by Crippen LogP contribution is 2.09. The van der Waals surface area contributed by atoms with Crippen molar-refractivity contribution in [3.8, 4) is 0 Å². The van der Waals surface area contributed by atoms with Gasteiger partial charge in [-0.1, -0.05) is 33.6 Å². The van der Waals surface area contributed by atoms with Crippen LogP contribution in [0.25, 0.3) is 0 Å². The number of rotatable bonds is 7. The predicted octanol–water partition coefficient (Wildman–Crippen LogP) is 2.40. The van der Waals surface area contributed by atoms with Crippen LogP contribution in [0.4, 0.5) is 0 Å². The van der Waals surface area contributed by atoms with Gasteiger partial charge in [-0.2, -0.15) is 0 Å². The Labute approximate surface area is 100 Å². The van der Waals surface area contributed by atoms with E-state index < -0.39 is 0 Å². The van der Waals surface area contributed by atoms with Gasteiger partial charge in [-0.3, -0.25) is 4.79 Å². The van der Waals surface area contributed by atoms with Crippen molar-refractivity contribution in [1.29, 1.82) is 0 Å². The van der Waals surface area contributed by atoms with Crippen molar-refractivity contribution in [1.82, 2.24) is 4.90 Å². The highest BCUT2D eigenvalue weighted by Gasteiger charge is 2.24. The Morgan fingerprint density at radius 1 is 1.19 bits per heavy atom. The minimum Gasteiger partial charge on any atom is -0.339 e. The lowest BCUT2D eigenvalue weighted by molar-refractivity contribution is -0.135. The summed E-state index contributed by atoms with van der Waals surface area (Å²) in [5, 5.41) is 0. The summed E-state index contributed by atoms with van der Waals surface area (Å²) in [5.41, 5.74) is 5.91. The van der Waals surface area contributed by atoms with Gasteiger partial charge in [-0.25, -0.2) is 0 Å². The molecule has 0 bridgehead atoms. The van der Waals surface area contributed by atoms with Crippen LogP contribution in [0.3, 0.4) is 0 Å². The van der Waals surface area contributed by atoms with Crippen LogP contribution in [0.2, 0.25) is 0 Å². The number of nitrogens with two attached hydrogens (primary N) is 1. The first-order chi connectivity index (χ1) is 7.41. The van der Waals surface area contributed by atoms with E-state index in [1.54, 1.807) is 0 Å². The van der Waals surface area contributed by atoms with E-state index in [0.717, 1.165) is 13.0 Å². The molecule has 0 aromatic rings. The fourth-order valence-corrected chi connectivity index (χ4v) is 1.63. The molecule has 0 heterocycles. The minimum absolute atomic E-state index is 0.0982. The molecular weight excluding hydrogens is 200 g/mol. The molecular formula is C13H28N2O. The van der Waals surface area contributed by atoms with Crippen LogP contribution in [-0.4, -0.2) is 29.4 Å². The number of hydrogen-bond donors (Lipinski definition) is 1. The van der Waals surface area contributed by atoms with E-state index in [1.807, 2.05) is 18.7 Å². The van der Waals surface area contributed by atoms with E-state index in [9.17, 15) is 4.79 Å². The Bertz CT molecular complexity index is 202. The van der Waals surface area contributed by atoms with Gasteiger partial charge in [-0.05, 0) is 26.2 Å². The standard InChI is InChI=1S/C13H28N2O/c1-6-7-8-9-15(11(4)5)13(16)12(14)10(2)3/h10-12H,6-9,14H2,1-5H3. The van der Waals surface area contributed by atoms with Crippen molar-refractivity contribution in [2.75, 3.05) is 6.54 Å². The summed E-state index contributed by atoms with van der Waals surface area (Å²) < 4.78 is 0. The molecule has 96 valence electrons. The van der Waals surface area contributed by atoms with Gasteiger partial charge in [0.2, 0.25) is 5.91 Å². The predicted molar refractivity (Wildman–Crippen MR) is 69.2 cm³/mol. The van der Waals surface area contributed by atoms with Gasteiger partial charge >= 0.3 is 0 Å². The van der Waals surface area contributed by atoms with Gasteiger partial charge in [0, 0.05) is 12.6 Å². The summed E-state index contributed by atoms with van der Waals surface area (Å²) in [6, 6.07) is -0.113. The molecule has 0 aromatic heterocycles. The van der Waals surface area contributed by atoms with E-state index in [2.05, 4.69) is 20.8 Å². The van der Waals surface area contributed by atoms with Crippen LogP contribution in [0.15, 0.2) is 0 Å². The Morgan fingerprint density at radius 2 is 1.75 bits per heavy atom. The molecule has 1 unspecified atom stereocenters. The lowest BCUT2D eigenvalue weighted by Gasteiger charge is -2.30. The van der Waals surface area contributed by atoms with Crippen molar-refractivity contribution in [3.05, 3.63) is 0 Å². The van der Waals surface area contributed by atoms with Gasteiger partial charge in [0.1, 0.15) is 0 Å². The lowest BCUT2D eigenvalue weighted by Crippen LogP contribution is -2.49. The zero-order valence-corrected chi connectivity index (χ0v) is 11.5. The topological polar surface area (TPSA) is 46.3 Å². The SMILES string of the molecule is CCCCCN(C(=O)C(N)C(C)C)C(C)C. The quantitative estimate of drug-likeness (QED) is 0.680. The molecule has 0 aromatic carbocycles. The molecule has 0 radical (unpaired) electrons. The van der Waals surface area contributed by atoms with Gasteiger partial charge in [0.05, 0.1) is 6.04 Å². The van der Waals surface area contributed by atoms with Crippen molar-refractivity contribution < 1.29 is 4.79 Å². The maximum atomic E-state index is 12.1. The number of carbonyl (C=O) groups is 1. The third-order valence-electron chi connectivity index (χ3n) is 2.91. The molecule has 0 rings (SSSR count). The van der Waals surface area contributed by atoms with Gasteiger partial charge in [-0.15, -0.1) is 0 Å². The fraction of sp³-hybridized carbons (Fsp3) is 0.923. The summed E-state index contributed by atoms with van der Waals surface area (Å²) in [6.07, 6.45) is 3.43. The zero-order valence-electron chi connectivity index (χ0n) is 11.5. The van der Waals surface area contributed by atoms with Crippen molar-refractivity contribution in [3.63, 3.8) is 0 Å². The minimum atomic E-state index is -0.357. The first-order valence-electron chi connectivity index (χ1n) is 6.47.